The molecule has 2 aromatic carbocycles. The van der Waals surface area contributed by atoms with E-state index >= 15 is 0 Å². The van der Waals surface area contributed by atoms with Crippen molar-refractivity contribution < 1.29 is 51.0 Å². The molecule has 14 heteroatoms. The number of aryl methyl sites for hydroxylation is 4. The Kier molecular flexibility index (Phi) is 8.62. The first-order valence-electron chi connectivity index (χ1n) is 15.2. The molecule has 0 saturated heterocycles. The second-order valence-corrected chi connectivity index (χ2v) is 11.6. The molecule has 50 heavy (non-hydrogen) atoms. The van der Waals surface area contributed by atoms with Gasteiger partial charge in [-0.2, -0.15) is 0 Å². The number of nitrogens with zero attached hydrogens (tertiary/aromatic N) is 10. The van der Waals surface area contributed by atoms with Crippen LogP contribution in [0.2, 0.25) is 0 Å². The van der Waals surface area contributed by atoms with Crippen LogP contribution in [0, 0.1) is 12.4 Å². The van der Waals surface area contributed by atoms with Gasteiger partial charge in [-0.1, -0.05) is 59.8 Å². The number of hydrogen-bond donors (Lipinski definition) is 0. The maximum Gasteiger partial charge on any atom is 2.00 e. The summed E-state index contributed by atoms with van der Waals surface area (Å²) in [6, 6.07) is 12.2. The summed E-state index contributed by atoms with van der Waals surface area (Å²) in [5.41, 5.74) is 5.49. The van der Waals surface area contributed by atoms with E-state index in [4.69, 9.17) is 18.8 Å². The van der Waals surface area contributed by atoms with Crippen LogP contribution in [0.15, 0.2) is 94.9 Å². The van der Waals surface area contributed by atoms with Gasteiger partial charge in [0.25, 0.3) is 0 Å². The van der Waals surface area contributed by atoms with Gasteiger partial charge in [0.05, 0.1) is 24.0 Å². The molecule has 0 bridgehead atoms. The van der Waals surface area contributed by atoms with E-state index in [-0.39, 0.29) is 42.1 Å². The second kappa shape index (κ2) is 12.9. The standard InChI is InChI=1S/2C18H13N5O.2Pt/c2*1-22-8-6-19-17(22)12-5-3-4-11-13-10-24-16(15(13)21-14(11)12)18-20-7-9-23(18)2;;/h2*3-6,8-10H,1-2H3;;/q2*-2;2*+2. The zero-order valence-electron chi connectivity index (χ0n) is 27.0. The van der Waals surface area contributed by atoms with Gasteiger partial charge in [0.15, 0.2) is 0 Å². The minimum Gasteiger partial charge on any atom is -0.654 e. The van der Waals surface area contributed by atoms with Gasteiger partial charge in [-0.15, -0.1) is 23.4 Å². The van der Waals surface area contributed by atoms with E-state index in [0.29, 0.717) is 23.2 Å². The van der Waals surface area contributed by atoms with E-state index in [9.17, 15) is 0 Å². The molecule has 10 rings (SSSR count). The number of benzene rings is 2. The molecule has 0 spiro atoms. The van der Waals surface area contributed by atoms with Crippen LogP contribution < -0.4 is 9.97 Å². The van der Waals surface area contributed by atoms with Crippen molar-refractivity contribution in [1.29, 1.82) is 0 Å². The van der Waals surface area contributed by atoms with Gasteiger partial charge in [-0.05, 0) is 24.9 Å². The van der Waals surface area contributed by atoms with Crippen LogP contribution in [0.4, 0.5) is 0 Å². The smallest absolute Gasteiger partial charge is 0.654 e. The zero-order chi connectivity index (χ0) is 32.5. The summed E-state index contributed by atoms with van der Waals surface area (Å²) < 4.78 is 19.2. The number of hydrogen-bond acceptors (Lipinski definition) is 6. The first-order valence-corrected chi connectivity index (χ1v) is 15.2. The quantitative estimate of drug-likeness (QED) is 0.189. The Morgan fingerprint density at radius 1 is 0.540 bits per heavy atom. The van der Waals surface area contributed by atoms with Crippen molar-refractivity contribution >= 4 is 43.6 Å². The molecular formula is C36H26N10O2Pt2. The first kappa shape index (κ1) is 33.3. The van der Waals surface area contributed by atoms with Crippen molar-refractivity contribution in [1.82, 2.24) is 48.2 Å². The molecule has 0 N–H and O–H groups in total. The topological polar surface area (TPSA) is 126 Å². The molecule has 8 heterocycles. The molecule has 252 valence electrons. The Balaban J connectivity index is 0.000000151. The molecule has 0 aliphatic rings. The predicted octanol–water partition coefficient (Wildman–Crippen LogP) is 6.28. The average molecular weight is 1020 g/mol. The fraction of sp³-hybridized carbons (Fsp3) is 0.111. The van der Waals surface area contributed by atoms with E-state index in [1.807, 2.05) is 83.1 Å². The largest absolute Gasteiger partial charge is 2.00 e. The van der Waals surface area contributed by atoms with E-state index in [2.05, 4.69) is 44.5 Å². The Hall–Kier alpha value is -5.18. The van der Waals surface area contributed by atoms with Crippen LogP contribution in [0.3, 0.4) is 0 Å². The first-order chi connectivity index (χ1) is 23.5. The number of fused-ring (bicyclic) bond motifs is 6. The van der Waals surface area contributed by atoms with Gasteiger partial charge >= 0.3 is 42.1 Å². The molecule has 0 aliphatic heterocycles. The van der Waals surface area contributed by atoms with Crippen molar-refractivity contribution in [3.8, 4) is 45.9 Å². The van der Waals surface area contributed by atoms with Gasteiger partial charge in [0, 0.05) is 72.4 Å². The molecular weight excluding hydrogens is 995 g/mol. The van der Waals surface area contributed by atoms with Gasteiger partial charge in [-0.3, -0.25) is 0 Å². The molecule has 0 aliphatic carbocycles. The molecule has 10 aromatic rings. The molecule has 0 unspecified atom stereocenters. The molecule has 0 fully saturated rings. The Morgan fingerprint density at radius 3 is 1.34 bits per heavy atom. The Bertz CT molecular complexity index is 2570. The van der Waals surface area contributed by atoms with Gasteiger partial charge in [0.2, 0.25) is 0 Å². The number of furan rings is 2. The van der Waals surface area contributed by atoms with Crippen molar-refractivity contribution in [3.05, 3.63) is 98.5 Å². The monoisotopic (exact) mass is 1020 g/mol. The fourth-order valence-corrected chi connectivity index (χ4v) is 6.28. The summed E-state index contributed by atoms with van der Waals surface area (Å²) in [6.45, 7) is 0. The Labute approximate surface area is 313 Å². The minimum atomic E-state index is 0. The minimum absolute atomic E-state index is 0. The third-order valence-electron chi connectivity index (χ3n) is 8.67. The van der Waals surface area contributed by atoms with E-state index in [0.717, 1.165) is 66.4 Å². The maximum atomic E-state index is 5.76. The molecule has 0 amide bonds. The Morgan fingerprint density at radius 2 is 0.980 bits per heavy atom. The summed E-state index contributed by atoms with van der Waals surface area (Å²) in [5.74, 6) is 4.54. The zero-order valence-corrected chi connectivity index (χ0v) is 31.5. The number of imidazole rings is 4. The van der Waals surface area contributed by atoms with Crippen LogP contribution in [0.25, 0.3) is 89.6 Å². The van der Waals surface area contributed by atoms with E-state index < -0.39 is 0 Å². The van der Waals surface area contributed by atoms with Gasteiger partial charge in [0.1, 0.15) is 11.6 Å². The maximum absolute atomic E-state index is 5.76. The van der Waals surface area contributed by atoms with Crippen LogP contribution in [0.1, 0.15) is 0 Å². The molecule has 0 atom stereocenters. The summed E-state index contributed by atoms with van der Waals surface area (Å²) in [6.07, 6.45) is 20.2. The summed E-state index contributed by atoms with van der Waals surface area (Å²) in [7, 11) is 7.78. The second-order valence-electron chi connectivity index (χ2n) is 11.6. The van der Waals surface area contributed by atoms with Crippen LogP contribution in [-0.2, 0) is 70.3 Å². The molecule has 8 aromatic heterocycles. The van der Waals surface area contributed by atoms with Crippen molar-refractivity contribution in [2.75, 3.05) is 0 Å². The van der Waals surface area contributed by atoms with Gasteiger partial charge < -0.3 is 47.0 Å². The summed E-state index contributed by atoms with van der Waals surface area (Å²) in [5, 5.41) is 4.08. The molecule has 0 saturated carbocycles. The van der Waals surface area contributed by atoms with E-state index in [1.165, 1.54) is 0 Å². The SMILES string of the molecule is Cn1ccnc1-c1cccc2c1[n-]c1c(-c3n[c-]cn3C)occ12.Cn1ccnc1-c1cccc2c1[n-]c1c(-c3n[c-]cn3C)occ12.[Pt+2].[Pt+2]. The normalized spacial score (nSPS) is 11.3. The van der Waals surface area contributed by atoms with Crippen molar-refractivity contribution in [2.45, 2.75) is 0 Å². The van der Waals surface area contributed by atoms with Crippen LogP contribution in [0.5, 0.6) is 0 Å². The molecule has 0 radical (unpaired) electrons. The number of para-hydroxylation sites is 2. The number of aromatic nitrogens is 10. The third kappa shape index (κ3) is 5.13. The van der Waals surface area contributed by atoms with Crippen LogP contribution in [-0.4, -0.2) is 38.2 Å². The predicted molar refractivity (Wildman–Crippen MR) is 181 cm³/mol. The fourth-order valence-electron chi connectivity index (χ4n) is 6.28. The van der Waals surface area contributed by atoms with Crippen molar-refractivity contribution in [3.63, 3.8) is 0 Å². The number of rotatable bonds is 4. The molecule has 12 nitrogen and oxygen atoms in total. The van der Waals surface area contributed by atoms with E-state index in [1.54, 1.807) is 37.3 Å². The summed E-state index contributed by atoms with van der Waals surface area (Å²) >= 11 is 0. The summed E-state index contributed by atoms with van der Waals surface area (Å²) in [4.78, 5) is 27.1. The van der Waals surface area contributed by atoms with Crippen LogP contribution >= 0.6 is 0 Å². The van der Waals surface area contributed by atoms with Gasteiger partial charge in [-0.25, -0.2) is 9.97 Å². The third-order valence-corrected chi connectivity index (χ3v) is 8.67. The van der Waals surface area contributed by atoms with Crippen molar-refractivity contribution in [2.24, 2.45) is 28.2 Å². The average Bonchev–Trinajstić information content (AvgIpc) is 3.92.